The highest BCUT2D eigenvalue weighted by atomic mass is 16.8. The second-order valence-corrected chi connectivity index (χ2v) is 4.15. The average molecular weight is 247 g/mol. The fourth-order valence-electron chi connectivity index (χ4n) is 2.23. The van der Waals surface area contributed by atoms with Gasteiger partial charge in [-0.15, -0.1) is 0 Å². The number of ether oxygens (including phenoxy) is 2. The molecular formula is C13H13NO4. The first-order valence-electron chi connectivity index (χ1n) is 5.92. The molecule has 1 aromatic rings. The number of benzene rings is 1. The van der Waals surface area contributed by atoms with Crippen molar-refractivity contribution in [1.82, 2.24) is 0 Å². The van der Waals surface area contributed by atoms with Gasteiger partial charge in [0.15, 0.2) is 0 Å². The van der Waals surface area contributed by atoms with Gasteiger partial charge in [-0.25, -0.2) is 0 Å². The van der Waals surface area contributed by atoms with Crippen LogP contribution in [0.1, 0.15) is 12.5 Å². The van der Waals surface area contributed by atoms with Crippen LogP contribution in [-0.2, 0) is 19.1 Å². The van der Waals surface area contributed by atoms with Crippen LogP contribution in [0.15, 0.2) is 35.5 Å². The molecule has 0 unspecified atom stereocenters. The van der Waals surface area contributed by atoms with Gasteiger partial charge in [0.2, 0.25) is 12.4 Å². The predicted octanol–water partition coefficient (Wildman–Crippen LogP) is 1.33. The highest BCUT2D eigenvalue weighted by molar-refractivity contribution is 6.13. The predicted molar refractivity (Wildman–Crippen MR) is 62.8 cm³/mol. The van der Waals surface area contributed by atoms with E-state index in [4.69, 9.17) is 14.3 Å². The van der Waals surface area contributed by atoms with Gasteiger partial charge in [0.25, 0.3) is 0 Å². The molecule has 0 aromatic heterocycles. The van der Waals surface area contributed by atoms with Crippen LogP contribution >= 0.6 is 0 Å². The lowest BCUT2D eigenvalue weighted by Gasteiger charge is -2.13. The molecule has 2 aliphatic heterocycles. The number of carbonyl (C=O) groups is 1. The van der Waals surface area contributed by atoms with Gasteiger partial charge in [-0.1, -0.05) is 35.5 Å². The molecule has 5 nitrogen and oxygen atoms in total. The maximum Gasteiger partial charge on any atom is 0.321 e. The zero-order valence-corrected chi connectivity index (χ0v) is 9.91. The molecule has 0 amide bonds. The van der Waals surface area contributed by atoms with Crippen LogP contribution < -0.4 is 0 Å². The molecule has 1 saturated heterocycles. The highest BCUT2D eigenvalue weighted by Crippen LogP contribution is 2.33. The highest BCUT2D eigenvalue weighted by Gasteiger charge is 2.54. The Kier molecular flexibility index (Phi) is 2.76. The van der Waals surface area contributed by atoms with Crippen LogP contribution in [-0.4, -0.2) is 30.7 Å². The Balaban J connectivity index is 1.87. The van der Waals surface area contributed by atoms with Crippen molar-refractivity contribution in [3.63, 3.8) is 0 Å². The van der Waals surface area contributed by atoms with Crippen molar-refractivity contribution >= 4 is 11.7 Å². The molecule has 0 N–H and O–H groups in total. The van der Waals surface area contributed by atoms with E-state index in [1.165, 1.54) is 0 Å². The summed E-state index contributed by atoms with van der Waals surface area (Å²) in [5.41, 5.74) is 1.49. The van der Waals surface area contributed by atoms with Crippen LogP contribution in [0.25, 0.3) is 0 Å². The first-order valence-corrected chi connectivity index (χ1v) is 5.92. The zero-order chi connectivity index (χ0) is 12.5. The molecule has 0 saturated carbocycles. The number of hydrogen-bond acceptors (Lipinski definition) is 5. The third-order valence-electron chi connectivity index (χ3n) is 3.05. The molecule has 3 rings (SSSR count). The molecular weight excluding hydrogens is 234 g/mol. The molecule has 0 radical (unpaired) electrons. The van der Waals surface area contributed by atoms with Crippen LogP contribution in [0.4, 0.5) is 0 Å². The van der Waals surface area contributed by atoms with E-state index in [2.05, 4.69) is 5.16 Å². The fraction of sp³-hybridized carbons (Fsp3) is 0.385. The molecule has 0 spiro atoms. The van der Waals surface area contributed by atoms with Crippen molar-refractivity contribution in [1.29, 1.82) is 0 Å². The summed E-state index contributed by atoms with van der Waals surface area (Å²) in [5, 5.41) is 4.01. The Bertz CT molecular complexity index is 485. The van der Waals surface area contributed by atoms with Crippen molar-refractivity contribution in [2.24, 2.45) is 11.1 Å². The largest absolute Gasteiger partial charge is 0.431 e. The third kappa shape index (κ3) is 1.67. The van der Waals surface area contributed by atoms with Crippen LogP contribution in [0.5, 0.6) is 0 Å². The van der Waals surface area contributed by atoms with Crippen molar-refractivity contribution in [3.05, 3.63) is 35.9 Å². The number of nitrogens with zero attached hydrogens (tertiary/aromatic N) is 1. The van der Waals surface area contributed by atoms with Gasteiger partial charge in [0.1, 0.15) is 11.6 Å². The van der Waals surface area contributed by atoms with E-state index in [-0.39, 0.29) is 5.97 Å². The van der Waals surface area contributed by atoms with Crippen LogP contribution in [0, 0.1) is 5.92 Å². The summed E-state index contributed by atoms with van der Waals surface area (Å²) in [5.74, 6) is -0.817. The van der Waals surface area contributed by atoms with Gasteiger partial charge in [-0.2, -0.15) is 0 Å². The number of esters is 1. The first kappa shape index (κ1) is 11.2. The van der Waals surface area contributed by atoms with Crippen molar-refractivity contribution in [2.45, 2.75) is 19.3 Å². The van der Waals surface area contributed by atoms with E-state index in [9.17, 15) is 4.79 Å². The minimum Gasteiger partial charge on any atom is -0.431 e. The van der Waals surface area contributed by atoms with E-state index >= 15 is 0 Å². The lowest BCUT2D eigenvalue weighted by Crippen LogP contribution is -2.30. The summed E-state index contributed by atoms with van der Waals surface area (Å²) in [4.78, 5) is 17.2. The first-order chi connectivity index (χ1) is 8.81. The maximum atomic E-state index is 11.9. The standard InChI is InChI=1S/C13H13NO4/c1-2-16-13-11-9(12(15)17-13)10(14-18-11)8-6-4-3-5-7-8/h3-7,9,11,13H,2H2,1H3/t9-,11+,13+/m0/s1. The Morgan fingerprint density at radius 3 is 2.83 bits per heavy atom. The van der Waals surface area contributed by atoms with E-state index in [0.717, 1.165) is 5.56 Å². The van der Waals surface area contributed by atoms with Crippen LogP contribution in [0.3, 0.4) is 0 Å². The second-order valence-electron chi connectivity index (χ2n) is 4.15. The second kappa shape index (κ2) is 4.42. The lowest BCUT2D eigenvalue weighted by atomic mass is 9.94. The summed E-state index contributed by atoms with van der Waals surface area (Å²) in [6.07, 6.45) is -1.12. The Morgan fingerprint density at radius 2 is 2.11 bits per heavy atom. The lowest BCUT2D eigenvalue weighted by molar-refractivity contribution is -0.177. The monoisotopic (exact) mass is 247 g/mol. The summed E-state index contributed by atoms with van der Waals surface area (Å²) in [6.45, 7) is 2.31. The van der Waals surface area contributed by atoms with Gasteiger partial charge < -0.3 is 14.3 Å². The third-order valence-corrected chi connectivity index (χ3v) is 3.05. The van der Waals surface area contributed by atoms with Gasteiger partial charge in [0.05, 0.1) is 0 Å². The molecule has 1 fully saturated rings. The Hall–Kier alpha value is -1.88. The van der Waals surface area contributed by atoms with Crippen molar-refractivity contribution < 1.29 is 19.1 Å². The summed E-state index contributed by atoms with van der Waals surface area (Å²) >= 11 is 0. The molecule has 18 heavy (non-hydrogen) atoms. The summed E-state index contributed by atoms with van der Waals surface area (Å²) < 4.78 is 10.5. The smallest absolute Gasteiger partial charge is 0.321 e. The van der Waals surface area contributed by atoms with Gasteiger partial charge in [-0.3, -0.25) is 4.79 Å². The molecule has 0 bridgehead atoms. The molecule has 5 heteroatoms. The average Bonchev–Trinajstić information content (AvgIpc) is 2.94. The van der Waals surface area contributed by atoms with Gasteiger partial charge in [-0.05, 0) is 6.92 Å². The molecule has 2 heterocycles. The number of fused-ring (bicyclic) bond motifs is 1. The zero-order valence-electron chi connectivity index (χ0n) is 9.91. The quantitative estimate of drug-likeness (QED) is 0.756. The molecule has 2 aliphatic rings. The molecule has 94 valence electrons. The SMILES string of the molecule is CCO[C@@H]1OC(=O)[C@H]2C(c3ccccc3)=NO[C@@H]12. The number of cyclic esters (lactones) is 1. The van der Waals surface area contributed by atoms with E-state index in [1.54, 1.807) is 0 Å². The number of oxime groups is 1. The molecule has 0 aliphatic carbocycles. The minimum atomic E-state index is -0.655. The summed E-state index contributed by atoms with van der Waals surface area (Å²) in [7, 11) is 0. The topological polar surface area (TPSA) is 57.1 Å². The van der Waals surface area contributed by atoms with Gasteiger partial charge >= 0.3 is 5.97 Å². The number of carbonyl (C=O) groups excluding carboxylic acids is 1. The fourth-order valence-corrected chi connectivity index (χ4v) is 2.23. The van der Waals surface area contributed by atoms with Crippen LogP contribution in [0.2, 0.25) is 0 Å². The minimum absolute atomic E-state index is 0.335. The Labute approximate surface area is 104 Å². The molecule has 3 atom stereocenters. The maximum absolute atomic E-state index is 11.9. The number of rotatable bonds is 3. The molecule has 1 aromatic carbocycles. The van der Waals surface area contributed by atoms with E-state index < -0.39 is 18.3 Å². The van der Waals surface area contributed by atoms with Crippen molar-refractivity contribution in [3.8, 4) is 0 Å². The van der Waals surface area contributed by atoms with E-state index in [1.807, 2.05) is 37.3 Å². The van der Waals surface area contributed by atoms with Crippen molar-refractivity contribution in [2.75, 3.05) is 6.61 Å². The normalized spacial score (nSPS) is 29.5. The summed E-state index contributed by atoms with van der Waals surface area (Å²) in [6, 6.07) is 9.49. The van der Waals surface area contributed by atoms with E-state index in [0.29, 0.717) is 12.3 Å². The van der Waals surface area contributed by atoms with Gasteiger partial charge in [0, 0.05) is 12.2 Å². The Morgan fingerprint density at radius 1 is 1.33 bits per heavy atom. The number of hydrogen-bond donors (Lipinski definition) is 0.